The third kappa shape index (κ3) is 3.22. The van der Waals surface area contributed by atoms with E-state index in [1.807, 2.05) is 0 Å². The van der Waals surface area contributed by atoms with Crippen LogP contribution in [0, 0.1) is 0 Å². The molecule has 2 N–H and O–H groups in total. The second-order valence-electron chi connectivity index (χ2n) is 3.21. The van der Waals surface area contributed by atoms with E-state index >= 15 is 0 Å². The number of hydrogen-bond acceptors (Lipinski definition) is 5. The van der Waals surface area contributed by atoms with Gasteiger partial charge in [0.1, 0.15) is 5.75 Å². The molecular weight excluding hydrogens is 212 g/mol. The minimum Gasteiger partial charge on any atom is -0.465 e. The summed E-state index contributed by atoms with van der Waals surface area (Å²) in [5.74, 6) is -2.38. The standard InChI is InChI=1S/C11H14O5/c1-3-11(13,14)16-9-6-4-8(5-7-9)10(12)15-2/h4-7,13-14H,3H2,1-2H3. The highest BCUT2D eigenvalue weighted by Crippen LogP contribution is 2.18. The highest BCUT2D eigenvalue weighted by Gasteiger charge is 2.22. The Hall–Kier alpha value is -1.59. The zero-order valence-electron chi connectivity index (χ0n) is 9.14. The molecule has 0 unspecified atom stereocenters. The Morgan fingerprint density at radius 3 is 2.31 bits per heavy atom. The third-order valence-corrected chi connectivity index (χ3v) is 2.02. The van der Waals surface area contributed by atoms with Crippen LogP contribution < -0.4 is 4.74 Å². The molecule has 0 bridgehead atoms. The van der Waals surface area contributed by atoms with E-state index in [1.165, 1.54) is 31.4 Å². The van der Waals surface area contributed by atoms with Crippen LogP contribution in [0.4, 0.5) is 0 Å². The van der Waals surface area contributed by atoms with Crippen molar-refractivity contribution < 1.29 is 24.5 Å². The van der Waals surface area contributed by atoms with Gasteiger partial charge >= 0.3 is 11.9 Å². The van der Waals surface area contributed by atoms with Crippen molar-refractivity contribution in [2.45, 2.75) is 19.3 Å². The van der Waals surface area contributed by atoms with Gasteiger partial charge in [0.2, 0.25) is 0 Å². The minimum atomic E-state index is -2.19. The Balaban J connectivity index is 2.76. The molecule has 16 heavy (non-hydrogen) atoms. The zero-order chi connectivity index (χ0) is 12.2. The number of methoxy groups -OCH3 is 1. The molecule has 0 aliphatic rings. The van der Waals surface area contributed by atoms with E-state index in [2.05, 4.69) is 4.74 Å². The van der Waals surface area contributed by atoms with Crippen LogP contribution in [0.5, 0.6) is 5.75 Å². The molecule has 0 aliphatic carbocycles. The number of rotatable bonds is 4. The van der Waals surface area contributed by atoms with Gasteiger partial charge in [-0.15, -0.1) is 0 Å². The zero-order valence-corrected chi connectivity index (χ0v) is 9.14. The van der Waals surface area contributed by atoms with Crippen LogP contribution in [-0.4, -0.2) is 29.3 Å². The van der Waals surface area contributed by atoms with E-state index in [1.54, 1.807) is 6.92 Å². The average Bonchev–Trinajstić information content (AvgIpc) is 2.28. The Labute approximate surface area is 93.2 Å². The van der Waals surface area contributed by atoms with Crippen LogP contribution in [-0.2, 0) is 4.74 Å². The Morgan fingerprint density at radius 1 is 1.31 bits per heavy atom. The van der Waals surface area contributed by atoms with Crippen molar-refractivity contribution in [2.24, 2.45) is 0 Å². The predicted octanol–water partition coefficient (Wildman–Crippen LogP) is 0.900. The highest BCUT2D eigenvalue weighted by atomic mass is 16.8. The molecule has 0 spiro atoms. The van der Waals surface area contributed by atoms with Crippen LogP contribution in [0.25, 0.3) is 0 Å². The number of ether oxygens (including phenoxy) is 2. The van der Waals surface area contributed by atoms with Gasteiger partial charge in [-0.05, 0) is 24.3 Å². The van der Waals surface area contributed by atoms with Crippen LogP contribution in [0.2, 0.25) is 0 Å². The third-order valence-electron chi connectivity index (χ3n) is 2.02. The van der Waals surface area contributed by atoms with Crippen molar-refractivity contribution in [3.8, 4) is 5.75 Å². The van der Waals surface area contributed by atoms with Gasteiger partial charge in [-0.2, -0.15) is 0 Å². The SMILES string of the molecule is CCC(O)(O)Oc1ccc(C(=O)OC)cc1. The van der Waals surface area contributed by atoms with Gasteiger partial charge in [-0.3, -0.25) is 0 Å². The molecule has 0 aromatic heterocycles. The second kappa shape index (κ2) is 4.96. The molecule has 0 radical (unpaired) electrons. The molecule has 0 aliphatic heterocycles. The van der Waals surface area contributed by atoms with E-state index in [4.69, 9.17) is 4.74 Å². The van der Waals surface area contributed by atoms with Gasteiger partial charge < -0.3 is 19.7 Å². The maximum Gasteiger partial charge on any atom is 0.337 e. The maximum atomic E-state index is 11.1. The van der Waals surface area contributed by atoms with E-state index in [0.29, 0.717) is 5.56 Å². The van der Waals surface area contributed by atoms with E-state index in [9.17, 15) is 15.0 Å². The van der Waals surface area contributed by atoms with E-state index in [-0.39, 0.29) is 12.2 Å². The fourth-order valence-corrected chi connectivity index (χ4v) is 1.04. The lowest BCUT2D eigenvalue weighted by molar-refractivity contribution is -0.292. The Bertz CT molecular complexity index is 355. The first-order valence-corrected chi connectivity index (χ1v) is 4.80. The second-order valence-corrected chi connectivity index (χ2v) is 3.21. The predicted molar refractivity (Wildman–Crippen MR) is 55.9 cm³/mol. The number of hydrogen-bond donors (Lipinski definition) is 2. The van der Waals surface area contributed by atoms with Gasteiger partial charge in [0.25, 0.3) is 0 Å². The molecule has 88 valence electrons. The summed E-state index contributed by atoms with van der Waals surface area (Å²) in [5, 5.41) is 18.5. The van der Waals surface area contributed by atoms with Crippen LogP contribution in [0.1, 0.15) is 23.7 Å². The van der Waals surface area contributed by atoms with Crippen molar-refractivity contribution in [2.75, 3.05) is 7.11 Å². The molecule has 0 saturated heterocycles. The Morgan fingerprint density at radius 2 is 1.88 bits per heavy atom. The molecule has 5 heteroatoms. The number of esters is 1. The fourth-order valence-electron chi connectivity index (χ4n) is 1.04. The van der Waals surface area contributed by atoms with Gasteiger partial charge in [-0.25, -0.2) is 4.79 Å². The van der Waals surface area contributed by atoms with Crippen molar-refractivity contribution in [1.29, 1.82) is 0 Å². The monoisotopic (exact) mass is 226 g/mol. The van der Waals surface area contributed by atoms with Crippen molar-refractivity contribution in [3.63, 3.8) is 0 Å². The summed E-state index contributed by atoms with van der Waals surface area (Å²) in [7, 11) is 1.29. The van der Waals surface area contributed by atoms with Gasteiger partial charge in [0.05, 0.1) is 12.7 Å². The summed E-state index contributed by atoms with van der Waals surface area (Å²) in [6.45, 7) is 1.57. The molecule has 0 fully saturated rings. The molecule has 1 rings (SSSR count). The lowest BCUT2D eigenvalue weighted by Crippen LogP contribution is -2.34. The van der Waals surface area contributed by atoms with Crippen molar-refractivity contribution in [3.05, 3.63) is 29.8 Å². The van der Waals surface area contributed by atoms with E-state index in [0.717, 1.165) is 0 Å². The Kier molecular flexibility index (Phi) is 3.87. The lowest BCUT2D eigenvalue weighted by atomic mass is 10.2. The van der Waals surface area contributed by atoms with Gasteiger partial charge in [-0.1, -0.05) is 6.92 Å². The first kappa shape index (κ1) is 12.5. The summed E-state index contributed by atoms with van der Waals surface area (Å²) in [5.41, 5.74) is 0.368. The number of carbonyl (C=O) groups is 1. The minimum absolute atomic E-state index is 0.0335. The van der Waals surface area contributed by atoms with Crippen molar-refractivity contribution >= 4 is 5.97 Å². The molecular formula is C11H14O5. The summed E-state index contributed by atoms with van der Waals surface area (Å²) in [6, 6.07) is 5.88. The number of benzene rings is 1. The molecule has 0 amide bonds. The quantitative estimate of drug-likeness (QED) is 0.589. The molecule has 1 aromatic carbocycles. The van der Waals surface area contributed by atoms with Crippen LogP contribution >= 0.6 is 0 Å². The highest BCUT2D eigenvalue weighted by molar-refractivity contribution is 5.89. The molecule has 1 aromatic rings. The molecule has 0 heterocycles. The van der Waals surface area contributed by atoms with Crippen molar-refractivity contribution in [1.82, 2.24) is 0 Å². The van der Waals surface area contributed by atoms with Crippen LogP contribution in [0.3, 0.4) is 0 Å². The largest absolute Gasteiger partial charge is 0.465 e. The topological polar surface area (TPSA) is 76.0 Å². The molecule has 5 nitrogen and oxygen atoms in total. The smallest absolute Gasteiger partial charge is 0.337 e. The number of carbonyl (C=O) groups excluding carboxylic acids is 1. The number of aliphatic hydroxyl groups is 2. The maximum absolute atomic E-state index is 11.1. The first-order chi connectivity index (χ1) is 7.48. The summed E-state index contributed by atoms with van der Waals surface area (Å²) < 4.78 is 9.40. The summed E-state index contributed by atoms with van der Waals surface area (Å²) >= 11 is 0. The summed E-state index contributed by atoms with van der Waals surface area (Å²) in [4.78, 5) is 11.1. The molecule has 0 atom stereocenters. The lowest BCUT2D eigenvalue weighted by Gasteiger charge is -2.20. The summed E-state index contributed by atoms with van der Waals surface area (Å²) in [6.07, 6.45) is 0.0335. The normalized spacial score (nSPS) is 11.0. The first-order valence-electron chi connectivity index (χ1n) is 4.80. The van der Waals surface area contributed by atoms with Gasteiger partial charge in [0.15, 0.2) is 0 Å². The molecule has 0 saturated carbocycles. The van der Waals surface area contributed by atoms with Gasteiger partial charge in [0, 0.05) is 6.42 Å². The average molecular weight is 226 g/mol. The van der Waals surface area contributed by atoms with E-state index < -0.39 is 11.9 Å². The fraction of sp³-hybridized carbons (Fsp3) is 0.364. The van der Waals surface area contributed by atoms with Crippen LogP contribution in [0.15, 0.2) is 24.3 Å².